The van der Waals surface area contributed by atoms with E-state index < -0.39 is 6.09 Å². The Bertz CT molecular complexity index is 510. The quantitative estimate of drug-likeness (QED) is 0.782. The Hall–Kier alpha value is -2.29. The second-order valence-corrected chi connectivity index (χ2v) is 3.53. The van der Waals surface area contributed by atoms with E-state index in [1.807, 2.05) is 82.3 Å². The molecule has 0 bridgehead atoms. The fraction of sp³-hybridized carbons (Fsp3) is 0.278. The number of anilines is 1. The number of methoxy groups -OCH3 is 1. The van der Waals surface area contributed by atoms with Gasteiger partial charge in [-0.15, -0.1) is 0 Å². The largest absolute Gasteiger partial charge is 0.453 e. The van der Waals surface area contributed by atoms with Gasteiger partial charge in [-0.25, -0.2) is 4.79 Å². The van der Waals surface area contributed by atoms with Gasteiger partial charge in [0, 0.05) is 5.56 Å². The smallest absolute Gasteiger partial charge is 0.411 e. The van der Waals surface area contributed by atoms with Crippen LogP contribution >= 0.6 is 0 Å². The van der Waals surface area contributed by atoms with E-state index in [9.17, 15) is 4.79 Å². The van der Waals surface area contributed by atoms with Gasteiger partial charge in [-0.05, 0) is 11.6 Å². The molecule has 1 N–H and O–H groups in total. The average Bonchev–Trinajstić information content (AvgIpc) is 2.59. The number of amides is 1. The molecular weight excluding hydrogens is 262 g/mol. The molecule has 2 rings (SSSR count). The summed E-state index contributed by atoms with van der Waals surface area (Å²) >= 11 is 0. The zero-order chi connectivity index (χ0) is 16.1. The van der Waals surface area contributed by atoms with Crippen LogP contribution in [0.1, 0.15) is 27.7 Å². The number of nitrogens with one attached hydrogen (secondary N) is 1. The Balaban J connectivity index is 0.000000921. The molecule has 2 aromatic carbocycles. The number of para-hydroxylation sites is 1. The lowest BCUT2D eigenvalue weighted by molar-refractivity contribution is 0.187. The molecule has 0 aromatic heterocycles. The van der Waals surface area contributed by atoms with Gasteiger partial charge in [0.25, 0.3) is 0 Å². The third-order valence-corrected chi connectivity index (χ3v) is 2.43. The summed E-state index contributed by atoms with van der Waals surface area (Å²) in [6.45, 7) is 8.00. The second kappa shape index (κ2) is 11.5. The van der Waals surface area contributed by atoms with Crippen LogP contribution in [0.3, 0.4) is 0 Å². The van der Waals surface area contributed by atoms with Crippen LogP contribution in [0.15, 0.2) is 54.6 Å². The van der Waals surface area contributed by atoms with Gasteiger partial charge in [0.15, 0.2) is 0 Å². The maximum Gasteiger partial charge on any atom is 0.411 e. The van der Waals surface area contributed by atoms with Crippen LogP contribution in [-0.4, -0.2) is 13.2 Å². The highest BCUT2D eigenvalue weighted by atomic mass is 16.5. The third-order valence-electron chi connectivity index (χ3n) is 2.43. The van der Waals surface area contributed by atoms with Gasteiger partial charge in [-0.3, -0.25) is 5.32 Å². The third kappa shape index (κ3) is 6.13. The average molecular weight is 287 g/mol. The van der Waals surface area contributed by atoms with Gasteiger partial charge in [0.1, 0.15) is 0 Å². The predicted octanol–water partition coefficient (Wildman–Crippen LogP) is 5.58. The van der Waals surface area contributed by atoms with Crippen LogP contribution in [0.25, 0.3) is 11.1 Å². The number of carbonyl (C=O) groups is 1. The number of hydrogen-bond acceptors (Lipinski definition) is 2. The number of ether oxygens (including phenoxy) is 1. The standard InChI is InChI=1S/C14H13NO2.2C2H6/c1-17-14(16)15-13-10-6-5-9-12(13)11-7-3-2-4-8-11;2*1-2/h2-10H,1H3,(H,15,16);2*1-2H3. The fourth-order valence-electron chi connectivity index (χ4n) is 1.62. The molecule has 3 nitrogen and oxygen atoms in total. The highest BCUT2D eigenvalue weighted by Crippen LogP contribution is 2.27. The summed E-state index contributed by atoms with van der Waals surface area (Å²) in [6.07, 6.45) is -0.464. The molecule has 0 atom stereocenters. The molecule has 2 aromatic rings. The zero-order valence-electron chi connectivity index (χ0n) is 13.5. The minimum atomic E-state index is -0.464. The first-order valence-corrected chi connectivity index (χ1v) is 7.30. The molecule has 0 spiro atoms. The molecule has 114 valence electrons. The maximum atomic E-state index is 11.2. The van der Waals surface area contributed by atoms with Crippen molar-refractivity contribution in [1.82, 2.24) is 0 Å². The Morgan fingerprint density at radius 3 is 1.95 bits per heavy atom. The van der Waals surface area contributed by atoms with Gasteiger partial charge < -0.3 is 4.74 Å². The summed E-state index contributed by atoms with van der Waals surface area (Å²) in [5, 5.41) is 2.70. The molecule has 0 aliphatic rings. The lowest BCUT2D eigenvalue weighted by atomic mass is 10.0. The summed E-state index contributed by atoms with van der Waals surface area (Å²) in [6, 6.07) is 17.5. The summed E-state index contributed by atoms with van der Waals surface area (Å²) in [5.41, 5.74) is 2.77. The summed E-state index contributed by atoms with van der Waals surface area (Å²) in [4.78, 5) is 11.2. The van der Waals surface area contributed by atoms with Gasteiger partial charge in [0.2, 0.25) is 0 Å². The van der Waals surface area contributed by atoms with Crippen LogP contribution in [0, 0.1) is 0 Å². The first-order chi connectivity index (χ1) is 10.3. The highest BCUT2D eigenvalue weighted by Gasteiger charge is 2.06. The molecule has 0 unspecified atom stereocenters. The molecule has 0 saturated heterocycles. The second-order valence-electron chi connectivity index (χ2n) is 3.53. The van der Waals surface area contributed by atoms with Crippen molar-refractivity contribution in [3.8, 4) is 11.1 Å². The van der Waals surface area contributed by atoms with Crippen molar-refractivity contribution in [2.24, 2.45) is 0 Å². The number of rotatable bonds is 2. The first-order valence-electron chi connectivity index (χ1n) is 7.30. The van der Waals surface area contributed by atoms with Gasteiger partial charge >= 0.3 is 6.09 Å². The minimum absolute atomic E-state index is 0.464. The zero-order valence-corrected chi connectivity index (χ0v) is 13.5. The van der Waals surface area contributed by atoms with E-state index in [-0.39, 0.29) is 0 Å². The number of hydrogen-bond donors (Lipinski definition) is 1. The normalized spacial score (nSPS) is 8.43. The Labute approximate surface area is 128 Å². The van der Waals surface area contributed by atoms with Crippen molar-refractivity contribution in [3.63, 3.8) is 0 Å². The number of benzene rings is 2. The summed E-state index contributed by atoms with van der Waals surface area (Å²) in [5.74, 6) is 0. The lowest BCUT2D eigenvalue weighted by Gasteiger charge is -2.10. The van der Waals surface area contributed by atoms with E-state index >= 15 is 0 Å². The Morgan fingerprint density at radius 1 is 0.857 bits per heavy atom. The van der Waals surface area contributed by atoms with E-state index in [4.69, 9.17) is 0 Å². The molecule has 0 radical (unpaired) electrons. The van der Waals surface area contributed by atoms with Crippen LogP contribution in [0.5, 0.6) is 0 Å². The van der Waals surface area contributed by atoms with E-state index in [2.05, 4.69) is 10.1 Å². The van der Waals surface area contributed by atoms with Crippen LogP contribution in [0.2, 0.25) is 0 Å². The summed E-state index contributed by atoms with van der Waals surface area (Å²) < 4.78 is 4.59. The van der Waals surface area contributed by atoms with Crippen molar-refractivity contribution in [2.45, 2.75) is 27.7 Å². The first kappa shape index (κ1) is 18.7. The van der Waals surface area contributed by atoms with Crippen LogP contribution in [-0.2, 0) is 4.74 Å². The Morgan fingerprint density at radius 2 is 1.38 bits per heavy atom. The molecule has 0 saturated carbocycles. The van der Waals surface area contributed by atoms with Crippen LogP contribution < -0.4 is 5.32 Å². The van der Waals surface area contributed by atoms with Gasteiger partial charge in [0.05, 0.1) is 12.8 Å². The molecule has 1 amide bonds. The van der Waals surface area contributed by atoms with Crippen molar-refractivity contribution in [1.29, 1.82) is 0 Å². The lowest BCUT2D eigenvalue weighted by Crippen LogP contribution is -2.11. The maximum absolute atomic E-state index is 11.2. The van der Waals surface area contributed by atoms with Crippen molar-refractivity contribution in [2.75, 3.05) is 12.4 Å². The minimum Gasteiger partial charge on any atom is -0.453 e. The van der Waals surface area contributed by atoms with E-state index in [0.717, 1.165) is 16.8 Å². The molecule has 3 heteroatoms. The molecule has 0 heterocycles. The van der Waals surface area contributed by atoms with Gasteiger partial charge in [-0.2, -0.15) is 0 Å². The SMILES string of the molecule is CC.CC.COC(=O)Nc1ccccc1-c1ccccc1. The van der Waals surface area contributed by atoms with Crippen molar-refractivity contribution < 1.29 is 9.53 Å². The monoisotopic (exact) mass is 287 g/mol. The van der Waals surface area contributed by atoms with Gasteiger partial charge in [-0.1, -0.05) is 76.2 Å². The number of carbonyl (C=O) groups excluding carboxylic acids is 1. The van der Waals surface area contributed by atoms with Crippen molar-refractivity contribution in [3.05, 3.63) is 54.6 Å². The molecule has 21 heavy (non-hydrogen) atoms. The van der Waals surface area contributed by atoms with Crippen molar-refractivity contribution >= 4 is 11.8 Å². The topological polar surface area (TPSA) is 38.3 Å². The fourth-order valence-corrected chi connectivity index (χ4v) is 1.62. The molecule has 0 aliphatic carbocycles. The van der Waals surface area contributed by atoms with E-state index in [0.29, 0.717) is 0 Å². The van der Waals surface area contributed by atoms with E-state index in [1.54, 1.807) is 0 Å². The Kier molecular flexibility index (Phi) is 10.3. The van der Waals surface area contributed by atoms with Crippen LogP contribution in [0.4, 0.5) is 10.5 Å². The van der Waals surface area contributed by atoms with E-state index in [1.165, 1.54) is 7.11 Å². The molecular formula is C18H25NO2. The molecule has 0 fully saturated rings. The summed E-state index contributed by atoms with van der Waals surface area (Å²) in [7, 11) is 1.35. The highest BCUT2D eigenvalue weighted by molar-refractivity contribution is 5.91. The predicted molar refractivity (Wildman–Crippen MR) is 90.6 cm³/mol. The molecule has 0 aliphatic heterocycles.